The lowest BCUT2D eigenvalue weighted by molar-refractivity contribution is 0.0442. The molecule has 5 heteroatoms. The molecule has 4 atom stereocenters. The molecule has 1 heterocycles. The second kappa shape index (κ2) is 7.45. The normalized spacial score (nSPS) is 26.4. The Labute approximate surface area is 129 Å². The van der Waals surface area contributed by atoms with Gasteiger partial charge in [0.2, 0.25) is 0 Å². The molecule has 0 saturated carbocycles. The lowest BCUT2D eigenvalue weighted by Crippen LogP contribution is -2.57. The first kappa shape index (κ1) is 18.2. The molecule has 0 aromatic rings. The number of carbonyl (C=O) groups is 1. The van der Waals surface area contributed by atoms with Crippen molar-refractivity contribution < 1.29 is 9.53 Å². The third-order valence-corrected chi connectivity index (χ3v) is 4.27. The summed E-state index contributed by atoms with van der Waals surface area (Å²) in [5, 5.41) is 2.95. The molecule has 0 aromatic heterocycles. The first-order valence-electron chi connectivity index (χ1n) is 8.16. The average Bonchev–Trinajstić information content (AvgIpc) is 2.69. The highest BCUT2D eigenvalue weighted by Crippen LogP contribution is 2.29. The van der Waals surface area contributed by atoms with E-state index in [1.807, 2.05) is 27.7 Å². The van der Waals surface area contributed by atoms with Crippen molar-refractivity contribution in [1.29, 1.82) is 0 Å². The molecular weight excluding hydrogens is 266 g/mol. The van der Waals surface area contributed by atoms with Crippen LogP contribution in [0.1, 0.15) is 60.8 Å². The van der Waals surface area contributed by atoms with Gasteiger partial charge >= 0.3 is 6.09 Å². The summed E-state index contributed by atoms with van der Waals surface area (Å²) < 4.78 is 5.34. The van der Waals surface area contributed by atoms with E-state index in [1.54, 1.807) is 0 Å². The van der Waals surface area contributed by atoms with E-state index >= 15 is 0 Å². The molecule has 4 unspecified atom stereocenters. The van der Waals surface area contributed by atoms with Gasteiger partial charge in [-0.2, -0.15) is 0 Å². The van der Waals surface area contributed by atoms with Gasteiger partial charge in [0.05, 0.1) is 0 Å². The van der Waals surface area contributed by atoms with E-state index in [0.29, 0.717) is 18.6 Å². The zero-order valence-electron chi connectivity index (χ0n) is 14.5. The highest BCUT2D eigenvalue weighted by Gasteiger charge is 2.37. The van der Waals surface area contributed by atoms with Crippen LogP contribution in [0, 0.1) is 0 Å². The minimum Gasteiger partial charge on any atom is -0.444 e. The van der Waals surface area contributed by atoms with E-state index < -0.39 is 5.60 Å². The van der Waals surface area contributed by atoms with Gasteiger partial charge in [-0.3, -0.25) is 4.90 Å². The number of amides is 1. The molecule has 3 N–H and O–H groups in total. The highest BCUT2D eigenvalue weighted by atomic mass is 16.6. The Morgan fingerprint density at radius 3 is 2.52 bits per heavy atom. The molecule has 1 fully saturated rings. The van der Waals surface area contributed by atoms with E-state index in [1.165, 1.54) is 12.8 Å². The van der Waals surface area contributed by atoms with Crippen LogP contribution in [0.3, 0.4) is 0 Å². The largest absolute Gasteiger partial charge is 0.444 e. The first-order chi connectivity index (χ1) is 9.69. The van der Waals surface area contributed by atoms with Crippen LogP contribution < -0.4 is 11.1 Å². The van der Waals surface area contributed by atoms with Gasteiger partial charge in [0.1, 0.15) is 5.60 Å². The Balaban J connectivity index is 2.68. The van der Waals surface area contributed by atoms with E-state index in [2.05, 4.69) is 24.1 Å². The predicted molar refractivity (Wildman–Crippen MR) is 86.3 cm³/mol. The SMILES string of the molecule is CCC1CCC(C)N1C(CN)C(C)NC(=O)OC(C)(C)C. The molecule has 1 aliphatic heterocycles. The fourth-order valence-electron chi connectivity index (χ4n) is 3.28. The summed E-state index contributed by atoms with van der Waals surface area (Å²) in [5.74, 6) is 0. The van der Waals surface area contributed by atoms with Crippen molar-refractivity contribution in [3.05, 3.63) is 0 Å². The third-order valence-electron chi connectivity index (χ3n) is 4.27. The van der Waals surface area contributed by atoms with Crippen LogP contribution in [-0.4, -0.2) is 47.3 Å². The number of hydrogen-bond donors (Lipinski definition) is 2. The van der Waals surface area contributed by atoms with E-state index in [0.717, 1.165) is 6.42 Å². The van der Waals surface area contributed by atoms with Gasteiger partial charge in [0.15, 0.2) is 0 Å². The lowest BCUT2D eigenvalue weighted by atomic mass is 10.0. The number of nitrogens with two attached hydrogens (primary N) is 1. The predicted octanol–water partition coefficient (Wildman–Crippen LogP) is 2.49. The Morgan fingerprint density at radius 2 is 2.05 bits per heavy atom. The highest BCUT2D eigenvalue weighted by molar-refractivity contribution is 5.68. The summed E-state index contributed by atoms with van der Waals surface area (Å²) >= 11 is 0. The molecule has 124 valence electrons. The third kappa shape index (κ3) is 5.15. The Bertz CT molecular complexity index is 341. The van der Waals surface area contributed by atoms with Gasteiger partial charge in [-0.05, 0) is 53.9 Å². The number of hydrogen-bond acceptors (Lipinski definition) is 4. The minimum absolute atomic E-state index is 0.0283. The van der Waals surface area contributed by atoms with Gasteiger partial charge in [0.25, 0.3) is 0 Å². The second-order valence-corrected chi connectivity index (χ2v) is 7.17. The molecule has 21 heavy (non-hydrogen) atoms. The zero-order valence-corrected chi connectivity index (χ0v) is 14.5. The molecule has 1 amide bonds. The van der Waals surface area contributed by atoms with Crippen LogP contribution in [0.2, 0.25) is 0 Å². The van der Waals surface area contributed by atoms with Crippen molar-refractivity contribution in [3.8, 4) is 0 Å². The lowest BCUT2D eigenvalue weighted by Gasteiger charge is -2.39. The topological polar surface area (TPSA) is 67.6 Å². The molecular formula is C16H33N3O2. The molecule has 0 radical (unpaired) electrons. The maximum atomic E-state index is 11.9. The number of rotatable bonds is 5. The molecule has 0 spiro atoms. The number of nitrogens with zero attached hydrogens (tertiary/aromatic N) is 1. The van der Waals surface area contributed by atoms with Crippen molar-refractivity contribution in [2.24, 2.45) is 5.73 Å². The van der Waals surface area contributed by atoms with Crippen LogP contribution in [0.4, 0.5) is 4.79 Å². The number of alkyl carbamates (subject to hydrolysis) is 1. The monoisotopic (exact) mass is 299 g/mol. The van der Waals surface area contributed by atoms with Crippen LogP contribution in [0.15, 0.2) is 0 Å². The Kier molecular flexibility index (Phi) is 6.47. The second-order valence-electron chi connectivity index (χ2n) is 7.17. The van der Waals surface area contributed by atoms with Crippen LogP contribution in [0.5, 0.6) is 0 Å². The standard InChI is InChI=1S/C16H33N3O2/c1-7-13-9-8-11(2)19(13)14(10-17)12(3)18-15(20)21-16(4,5)6/h11-14H,7-10,17H2,1-6H3,(H,18,20). The van der Waals surface area contributed by atoms with Gasteiger partial charge in [-0.15, -0.1) is 0 Å². The smallest absolute Gasteiger partial charge is 0.407 e. The summed E-state index contributed by atoms with van der Waals surface area (Å²) in [4.78, 5) is 14.4. The zero-order chi connectivity index (χ0) is 16.2. The maximum absolute atomic E-state index is 11.9. The van der Waals surface area contributed by atoms with Crippen LogP contribution in [-0.2, 0) is 4.74 Å². The van der Waals surface area contributed by atoms with Crippen LogP contribution in [0.25, 0.3) is 0 Å². The number of nitrogens with one attached hydrogen (secondary N) is 1. The van der Waals surface area contributed by atoms with Crippen molar-refractivity contribution in [1.82, 2.24) is 10.2 Å². The maximum Gasteiger partial charge on any atom is 0.407 e. The van der Waals surface area contributed by atoms with Crippen molar-refractivity contribution in [2.75, 3.05) is 6.54 Å². The van der Waals surface area contributed by atoms with Gasteiger partial charge < -0.3 is 15.8 Å². The quantitative estimate of drug-likeness (QED) is 0.818. The minimum atomic E-state index is -0.477. The van der Waals surface area contributed by atoms with Gasteiger partial charge in [-0.25, -0.2) is 4.79 Å². The van der Waals surface area contributed by atoms with Crippen molar-refractivity contribution in [2.45, 2.75) is 90.6 Å². The summed E-state index contributed by atoms with van der Waals surface area (Å²) in [6.07, 6.45) is 3.18. The summed E-state index contributed by atoms with van der Waals surface area (Å²) in [5.41, 5.74) is 5.52. The molecule has 1 aliphatic rings. The Hall–Kier alpha value is -0.810. The van der Waals surface area contributed by atoms with Crippen molar-refractivity contribution in [3.63, 3.8) is 0 Å². The summed E-state index contributed by atoms with van der Waals surface area (Å²) in [6.45, 7) is 12.6. The average molecular weight is 299 g/mol. The molecule has 0 aromatic carbocycles. The summed E-state index contributed by atoms with van der Waals surface area (Å²) in [7, 11) is 0. The number of likely N-dealkylation sites (tertiary alicyclic amines) is 1. The van der Waals surface area contributed by atoms with E-state index in [9.17, 15) is 4.79 Å². The molecule has 1 saturated heterocycles. The number of ether oxygens (including phenoxy) is 1. The van der Waals surface area contributed by atoms with Gasteiger partial charge in [-0.1, -0.05) is 6.92 Å². The molecule has 0 bridgehead atoms. The van der Waals surface area contributed by atoms with E-state index in [4.69, 9.17) is 10.5 Å². The fraction of sp³-hybridized carbons (Fsp3) is 0.938. The molecule has 0 aliphatic carbocycles. The number of carbonyl (C=O) groups excluding carboxylic acids is 1. The fourth-order valence-corrected chi connectivity index (χ4v) is 3.28. The van der Waals surface area contributed by atoms with Gasteiger partial charge in [0, 0.05) is 30.7 Å². The van der Waals surface area contributed by atoms with Crippen LogP contribution >= 0.6 is 0 Å². The Morgan fingerprint density at radius 1 is 1.43 bits per heavy atom. The van der Waals surface area contributed by atoms with Crippen molar-refractivity contribution >= 4 is 6.09 Å². The first-order valence-corrected chi connectivity index (χ1v) is 8.16. The van der Waals surface area contributed by atoms with E-state index in [-0.39, 0.29) is 18.2 Å². The molecule has 1 rings (SSSR count). The molecule has 5 nitrogen and oxygen atoms in total. The summed E-state index contributed by atoms with van der Waals surface area (Å²) in [6, 6.07) is 1.21.